The lowest BCUT2D eigenvalue weighted by Gasteiger charge is -2.20. The smallest absolute Gasteiger partial charge is 0.260 e. The number of fused-ring (bicyclic) bond motifs is 1. The molecule has 0 aliphatic rings. The van der Waals surface area contributed by atoms with Crippen LogP contribution in [0.3, 0.4) is 0 Å². The first-order valence-corrected chi connectivity index (χ1v) is 10.4. The molecule has 1 amide bonds. The normalized spacial score (nSPS) is 10.5. The van der Waals surface area contributed by atoms with E-state index in [1.165, 1.54) is 11.3 Å². The summed E-state index contributed by atoms with van der Waals surface area (Å²) < 4.78 is 13.5. The highest BCUT2D eigenvalue weighted by molar-refractivity contribution is 7.22. The number of halogens is 1. The van der Waals surface area contributed by atoms with Gasteiger partial charge in [-0.15, -0.1) is 12.4 Å². The molecule has 9 heteroatoms. The standard InChI is InChI=1S/C22H22N4O3S.ClH/c1-28-17-6-4-16(5-7-17)21(27)26(12-3-11-25-13-10-23-15-25)22-24-19-9-8-18(29-2)14-20(19)30-22;/h4-10,13-15H,3,11-12H2,1-2H3;1H. The number of carbonyl (C=O) groups excluding carboxylic acids is 1. The Bertz CT molecular complexity index is 1130. The highest BCUT2D eigenvalue weighted by Crippen LogP contribution is 2.32. The number of benzene rings is 2. The molecule has 162 valence electrons. The van der Waals surface area contributed by atoms with Crippen LogP contribution in [0.15, 0.2) is 61.2 Å². The summed E-state index contributed by atoms with van der Waals surface area (Å²) in [7, 11) is 3.24. The van der Waals surface area contributed by atoms with Crippen molar-refractivity contribution in [3.8, 4) is 11.5 Å². The Morgan fingerprint density at radius 3 is 2.52 bits per heavy atom. The van der Waals surface area contributed by atoms with Gasteiger partial charge in [0.05, 0.1) is 30.8 Å². The van der Waals surface area contributed by atoms with Crippen molar-refractivity contribution >= 4 is 45.0 Å². The highest BCUT2D eigenvalue weighted by Gasteiger charge is 2.21. The van der Waals surface area contributed by atoms with Gasteiger partial charge in [0.25, 0.3) is 5.91 Å². The molecule has 4 aromatic rings. The van der Waals surface area contributed by atoms with E-state index in [-0.39, 0.29) is 18.3 Å². The summed E-state index contributed by atoms with van der Waals surface area (Å²) in [5.74, 6) is 1.39. The van der Waals surface area contributed by atoms with Crippen LogP contribution in [0.4, 0.5) is 5.13 Å². The number of nitrogens with zero attached hydrogens (tertiary/aromatic N) is 4. The average molecular weight is 459 g/mol. The lowest BCUT2D eigenvalue weighted by atomic mass is 10.2. The first-order chi connectivity index (χ1) is 14.7. The molecular weight excluding hydrogens is 436 g/mol. The fraction of sp³-hybridized carbons (Fsp3) is 0.227. The van der Waals surface area contributed by atoms with Crippen LogP contribution in [0, 0.1) is 0 Å². The molecule has 0 spiro atoms. The first-order valence-electron chi connectivity index (χ1n) is 9.54. The highest BCUT2D eigenvalue weighted by atomic mass is 35.5. The summed E-state index contributed by atoms with van der Waals surface area (Å²) in [5, 5.41) is 0.671. The fourth-order valence-electron chi connectivity index (χ4n) is 3.14. The maximum atomic E-state index is 13.3. The Balaban J connectivity index is 0.00000272. The molecule has 0 saturated heterocycles. The molecule has 2 aromatic heterocycles. The monoisotopic (exact) mass is 458 g/mol. The van der Waals surface area contributed by atoms with Gasteiger partial charge >= 0.3 is 0 Å². The van der Waals surface area contributed by atoms with Gasteiger partial charge in [0.1, 0.15) is 11.5 Å². The second-order valence-electron chi connectivity index (χ2n) is 6.67. The van der Waals surface area contributed by atoms with E-state index < -0.39 is 0 Å². The third kappa shape index (κ3) is 5.15. The number of ether oxygens (including phenoxy) is 2. The number of thiazole rings is 1. The van der Waals surface area contributed by atoms with Gasteiger partial charge in [0.15, 0.2) is 5.13 Å². The van der Waals surface area contributed by atoms with E-state index in [2.05, 4.69) is 4.98 Å². The van der Waals surface area contributed by atoms with Gasteiger partial charge in [-0.05, 0) is 48.9 Å². The van der Waals surface area contributed by atoms with Crippen molar-refractivity contribution < 1.29 is 14.3 Å². The molecule has 0 radical (unpaired) electrons. The summed E-state index contributed by atoms with van der Waals surface area (Å²) in [5.41, 5.74) is 1.44. The second kappa shape index (κ2) is 10.3. The quantitative estimate of drug-likeness (QED) is 0.384. The summed E-state index contributed by atoms with van der Waals surface area (Å²) in [6.07, 6.45) is 6.22. The topological polar surface area (TPSA) is 69.5 Å². The molecule has 0 bridgehead atoms. The number of aromatic nitrogens is 3. The molecule has 2 heterocycles. The summed E-state index contributed by atoms with van der Waals surface area (Å²) >= 11 is 1.48. The van der Waals surface area contributed by atoms with Gasteiger partial charge in [-0.25, -0.2) is 9.97 Å². The van der Waals surface area contributed by atoms with E-state index in [0.29, 0.717) is 23.0 Å². The third-order valence-corrected chi connectivity index (χ3v) is 5.80. The largest absolute Gasteiger partial charge is 0.497 e. The number of hydrogen-bond donors (Lipinski definition) is 0. The molecule has 0 aliphatic heterocycles. The van der Waals surface area contributed by atoms with Crippen LogP contribution >= 0.6 is 23.7 Å². The van der Waals surface area contributed by atoms with E-state index in [0.717, 1.165) is 28.9 Å². The second-order valence-corrected chi connectivity index (χ2v) is 7.68. The van der Waals surface area contributed by atoms with Crippen LogP contribution in [0.5, 0.6) is 11.5 Å². The van der Waals surface area contributed by atoms with E-state index in [4.69, 9.17) is 14.5 Å². The van der Waals surface area contributed by atoms with Gasteiger partial charge in [0.2, 0.25) is 0 Å². The predicted molar refractivity (Wildman–Crippen MR) is 125 cm³/mol. The van der Waals surface area contributed by atoms with Gasteiger partial charge in [-0.2, -0.15) is 0 Å². The average Bonchev–Trinajstić information content (AvgIpc) is 3.45. The van der Waals surface area contributed by atoms with Gasteiger partial charge in [-0.3, -0.25) is 9.69 Å². The van der Waals surface area contributed by atoms with Crippen molar-refractivity contribution in [1.82, 2.24) is 14.5 Å². The van der Waals surface area contributed by atoms with Crippen LogP contribution in [-0.2, 0) is 6.54 Å². The lowest BCUT2D eigenvalue weighted by molar-refractivity contribution is 0.0986. The van der Waals surface area contributed by atoms with Crippen LogP contribution in [0.2, 0.25) is 0 Å². The minimum atomic E-state index is -0.0886. The van der Waals surface area contributed by atoms with Gasteiger partial charge in [0, 0.05) is 31.0 Å². The van der Waals surface area contributed by atoms with Gasteiger partial charge in [-0.1, -0.05) is 11.3 Å². The Morgan fingerprint density at radius 2 is 1.84 bits per heavy atom. The van der Waals surface area contributed by atoms with Crippen molar-refractivity contribution in [2.24, 2.45) is 0 Å². The van der Waals surface area contributed by atoms with Crippen molar-refractivity contribution in [2.75, 3.05) is 25.7 Å². The molecule has 4 rings (SSSR count). The molecule has 0 fully saturated rings. The first kappa shape index (κ1) is 22.6. The zero-order valence-electron chi connectivity index (χ0n) is 17.2. The molecule has 0 aliphatic carbocycles. The van der Waals surface area contributed by atoms with Crippen LogP contribution in [-0.4, -0.2) is 41.2 Å². The number of methoxy groups -OCH3 is 2. The number of carbonyl (C=O) groups is 1. The molecule has 0 unspecified atom stereocenters. The van der Waals surface area contributed by atoms with E-state index >= 15 is 0 Å². The minimum absolute atomic E-state index is 0. The number of anilines is 1. The summed E-state index contributed by atoms with van der Waals surface area (Å²) in [6.45, 7) is 1.31. The lowest BCUT2D eigenvalue weighted by Crippen LogP contribution is -2.32. The van der Waals surface area contributed by atoms with E-state index in [9.17, 15) is 4.79 Å². The molecule has 2 aromatic carbocycles. The minimum Gasteiger partial charge on any atom is -0.497 e. The van der Waals surface area contributed by atoms with Crippen molar-refractivity contribution in [2.45, 2.75) is 13.0 Å². The molecule has 0 saturated carbocycles. The van der Waals surface area contributed by atoms with Crippen LogP contribution in [0.25, 0.3) is 10.2 Å². The molecule has 0 N–H and O–H groups in total. The Labute approximate surface area is 190 Å². The maximum absolute atomic E-state index is 13.3. The Kier molecular flexibility index (Phi) is 7.49. The molecular formula is C22H23ClN4O3S. The number of aryl methyl sites for hydroxylation is 1. The number of imidazole rings is 1. The SMILES string of the molecule is COc1ccc(C(=O)N(CCCn2ccnc2)c2nc3ccc(OC)cc3s2)cc1.Cl. The third-order valence-electron chi connectivity index (χ3n) is 4.75. The molecule has 31 heavy (non-hydrogen) atoms. The number of rotatable bonds is 8. The van der Waals surface area contributed by atoms with Crippen molar-refractivity contribution in [1.29, 1.82) is 0 Å². The Morgan fingerprint density at radius 1 is 1.10 bits per heavy atom. The maximum Gasteiger partial charge on any atom is 0.260 e. The number of hydrogen-bond acceptors (Lipinski definition) is 6. The zero-order chi connectivity index (χ0) is 20.9. The molecule has 0 atom stereocenters. The fourth-order valence-corrected chi connectivity index (χ4v) is 4.16. The molecule has 7 nitrogen and oxygen atoms in total. The van der Waals surface area contributed by atoms with E-state index in [1.807, 2.05) is 29.0 Å². The Hall–Kier alpha value is -3.10. The zero-order valence-corrected chi connectivity index (χ0v) is 18.9. The number of amides is 1. The van der Waals surface area contributed by atoms with Crippen molar-refractivity contribution in [3.05, 3.63) is 66.7 Å². The van der Waals surface area contributed by atoms with Crippen LogP contribution < -0.4 is 14.4 Å². The van der Waals surface area contributed by atoms with E-state index in [1.54, 1.807) is 55.9 Å². The summed E-state index contributed by atoms with van der Waals surface area (Å²) in [4.78, 5) is 23.9. The van der Waals surface area contributed by atoms with Gasteiger partial charge < -0.3 is 14.0 Å². The van der Waals surface area contributed by atoms with Crippen LogP contribution in [0.1, 0.15) is 16.8 Å². The summed E-state index contributed by atoms with van der Waals surface area (Å²) in [6, 6.07) is 12.9. The predicted octanol–water partition coefficient (Wildman–Crippen LogP) is 4.67. The van der Waals surface area contributed by atoms with Crippen molar-refractivity contribution in [3.63, 3.8) is 0 Å².